The van der Waals surface area contributed by atoms with E-state index in [9.17, 15) is 14.7 Å². The zero-order chi connectivity index (χ0) is 22.2. The van der Waals surface area contributed by atoms with Gasteiger partial charge >= 0.3 is 5.97 Å². The van der Waals surface area contributed by atoms with Gasteiger partial charge in [-0.25, -0.2) is 14.8 Å². The van der Waals surface area contributed by atoms with E-state index in [-0.39, 0.29) is 17.9 Å². The van der Waals surface area contributed by atoms with Crippen molar-refractivity contribution in [1.29, 1.82) is 0 Å². The summed E-state index contributed by atoms with van der Waals surface area (Å²) in [6, 6.07) is 19.4. The van der Waals surface area contributed by atoms with Gasteiger partial charge in [0.15, 0.2) is 5.65 Å². The fourth-order valence-electron chi connectivity index (χ4n) is 3.84. The first-order valence-corrected chi connectivity index (χ1v) is 10.0. The second-order valence-electron chi connectivity index (χ2n) is 7.39. The number of aromatic hydroxyl groups is 1. The Bertz CT molecular complexity index is 1520. The maximum atomic E-state index is 12.6. The maximum Gasteiger partial charge on any atom is 0.339 e. The van der Waals surface area contributed by atoms with Crippen LogP contribution in [0.5, 0.6) is 5.75 Å². The Morgan fingerprint density at radius 1 is 0.938 bits per heavy atom. The number of aromatic nitrogens is 3. The number of carbonyl (C=O) groups is 2. The van der Waals surface area contributed by atoms with Gasteiger partial charge in [-0.05, 0) is 30.3 Å². The van der Waals surface area contributed by atoms with Crippen LogP contribution < -0.4 is 5.32 Å². The number of aryl methyl sites for hydroxylation is 1. The number of phenols is 1. The topological polar surface area (TPSA) is 117 Å². The SMILES string of the molecule is O=C(CCn1c2ccccc2c2nc3ccccc3nc21)Nc1ccc(C(=O)O)c(O)c1. The van der Waals surface area contributed by atoms with Gasteiger partial charge in [-0.15, -0.1) is 0 Å². The predicted octanol–water partition coefficient (Wildman–Crippen LogP) is 4.17. The van der Waals surface area contributed by atoms with Gasteiger partial charge in [0.1, 0.15) is 16.8 Å². The molecule has 0 unspecified atom stereocenters. The van der Waals surface area contributed by atoms with E-state index in [1.54, 1.807) is 0 Å². The smallest absolute Gasteiger partial charge is 0.339 e. The molecular formula is C24H18N4O4. The lowest BCUT2D eigenvalue weighted by Crippen LogP contribution is -2.15. The van der Waals surface area contributed by atoms with Crippen molar-refractivity contribution in [3.05, 3.63) is 72.3 Å². The molecule has 2 aromatic heterocycles. The fourth-order valence-corrected chi connectivity index (χ4v) is 3.84. The van der Waals surface area contributed by atoms with Crippen LogP contribution in [0.1, 0.15) is 16.8 Å². The standard InChI is InChI=1S/C24H18N4O4/c29-20-13-14(9-10-16(20)24(31)32)25-21(30)11-12-28-19-8-4-1-5-15(19)22-23(28)27-18-7-3-2-6-17(18)26-22/h1-10,13,29H,11-12H2,(H,25,30)(H,31,32). The molecule has 5 rings (SSSR count). The molecule has 8 heteroatoms. The minimum absolute atomic E-state index is 0.156. The molecule has 0 bridgehead atoms. The second-order valence-corrected chi connectivity index (χ2v) is 7.39. The third-order valence-corrected chi connectivity index (χ3v) is 5.33. The molecule has 0 saturated heterocycles. The Hall–Kier alpha value is -4.46. The number of rotatable bonds is 5. The summed E-state index contributed by atoms with van der Waals surface area (Å²) in [4.78, 5) is 33.2. The number of carboxylic acid groups (broad SMARTS) is 1. The third-order valence-electron chi connectivity index (χ3n) is 5.33. The molecule has 0 aliphatic rings. The van der Waals surface area contributed by atoms with Crippen molar-refractivity contribution in [2.24, 2.45) is 0 Å². The fraction of sp³-hybridized carbons (Fsp3) is 0.0833. The number of hydrogen-bond donors (Lipinski definition) is 3. The van der Waals surface area contributed by atoms with Gasteiger partial charge in [-0.2, -0.15) is 0 Å². The number of carbonyl (C=O) groups excluding carboxylic acids is 1. The molecule has 1 amide bonds. The summed E-state index contributed by atoms with van der Waals surface area (Å²) >= 11 is 0. The van der Waals surface area contributed by atoms with Gasteiger partial charge < -0.3 is 20.1 Å². The van der Waals surface area contributed by atoms with E-state index in [1.165, 1.54) is 18.2 Å². The molecule has 0 saturated carbocycles. The predicted molar refractivity (Wildman–Crippen MR) is 121 cm³/mol. The van der Waals surface area contributed by atoms with E-state index in [4.69, 9.17) is 15.1 Å². The molecule has 0 aliphatic carbocycles. The lowest BCUT2D eigenvalue weighted by atomic mass is 10.2. The van der Waals surface area contributed by atoms with Crippen molar-refractivity contribution >= 4 is 50.7 Å². The molecule has 0 radical (unpaired) electrons. The van der Waals surface area contributed by atoms with Crippen molar-refractivity contribution in [2.45, 2.75) is 13.0 Å². The zero-order valence-electron chi connectivity index (χ0n) is 16.8. The van der Waals surface area contributed by atoms with Gasteiger partial charge in [0.05, 0.1) is 16.6 Å². The van der Waals surface area contributed by atoms with E-state index in [1.807, 2.05) is 53.1 Å². The summed E-state index contributed by atoms with van der Waals surface area (Å²) in [5, 5.41) is 22.5. The largest absolute Gasteiger partial charge is 0.507 e. The van der Waals surface area contributed by atoms with E-state index >= 15 is 0 Å². The molecule has 0 atom stereocenters. The Labute approximate surface area is 181 Å². The molecule has 0 fully saturated rings. The average Bonchev–Trinajstić information content (AvgIpc) is 3.08. The molecule has 3 N–H and O–H groups in total. The molecule has 0 aliphatic heterocycles. The first-order chi connectivity index (χ1) is 15.5. The highest BCUT2D eigenvalue weighted by Gasteiger charge is 2.16. The second kappa shape index (κ2) is 7.66. The van der Waals surface area contributed by atoms with Gasteiger partial charge in [0, 0.05) is 30.1 Å². The monoisotopic (exact) mass is 426 g/mol. The van der Waals surface area contributed by atoms with Crippen LogP contribution in [0.3, 0.4) is 0 Å². The van der Waals surface area contributed by atoms with Crippen LogP contribution >= 0.6 is 0 Å². The van der Waals surface area contributed by atoms with Crippen LogP contribution in [-0.2, 0) is 11.3 Å². The molecule has 158 valence electrons. The molecular weight excluding hydrogens is 408 g/mol. The number of nitrogens with zero attached hydrogens (tertiary/aromatic N) is 3. The zero-order valence-corrected chi connectivity index (χ0v) is 16.8. The number of carboxylic acids is 1. The van der Waals surface area contributed by atoms with Crippen LogP contribution in [0.2, 0.25) is 0 Å². The van der Waals surface area contributed by atoms with E-state index < -0.39 is 11.7 Å². The van der Waals surface area contributed by atoms with Gasteiger partial charge in [-0.1, -0.05) is 30.3 Å². The van der Waals surface area contributed by atoms with Gasteiger partial charge in [-0.3, -0.25) is 4.79 Å². The quantitative estimate of drug-likeness (QED) is 0.388. The normalized spacial score (nSPS) is 11.2. The molecule has 5 aromatic rings. The number of anilines is 1. The highest BCUT2D eigenvalue weighted by atomic mass is 16.4. The summed E-state index contributed by atoms with van der Waals surface area (Å²) in [6.45, 7) is 0.377. The van der Waals surface area contributed by atoms with E-state index in [0.717, 1.165) is 27.5 Å². The molecule has 32 heavy (non-hydrogen) atoms. The number of para-hydroxylation sites is 3. The van der Waals surface area contributed by atoms with Crippen molar-refractivity contribution in [2.75, 3.05) is 5.32 Å². The van der Waals surface area contributed by atoms with Gasteiger partial charge in [0.2, 0.25) is 5.91 Å². The average molecular weight is 426 g/mol. The number of nitrogens with one attached hydrogen (secondary N) is 1. The maximum absolute atomic E-state index is 12.6. The van der Waals surface area contributed by atoms with Crippen molar-refractivity contribution in [3.63, 3.8) is 0 Å². The van der Waals surface area contributed by atoms with Crippen LogP contribution in [0, 0.1) is 0 Å². The first-order valence-electron chi connectivity index (χ1n) is 10.0. The minimum Gasteiger partial charge on any atom is -0.507 e. The molecule has 2 heterocycles. The van der Waals surface area contributed by atoms with Crippen LogP contribution in [-0.4, -0.2) is 36.6 Å². The summed E-state index contributed by atoms with van der Waals surface area (Å²) in [6.07, 6.45) is 0.156. The van der Waals surface area contributed by atoms with Crippen molar-refractivity contribution in [3.8, 4) is 5.75 Å². The Kier molecular flexibility index (Phi) is 4.67. The summed E-state index contributed by atoms with van der Waals surface area (Å²) < 4.78 is 1.98. The summed E-state index contributed by atoms with van der Waals surface area (Å²) in [7, 11) is 0. The van der Waals surface area contributed by atoms with Crippen LogP contribution in [0.15, 0.2) is 66.7 Å². The number of hydrogen-bond acceptors (Lipinski definition) is 5. The third kappa shape index (κ3) is 3.37. The number of amides is 1. The molecule has 8 nitrogen and oxygen atoms in total. The van der Waals surface area contributed by atoms with Crippen LogP contribution in [0.4, 0.5) is 5.69 Å². The van der Waals surface area contributed by atoms with Crippen LogP contribution in [0.25, 0.3) is 33.1 Å². The summed E-state index contributed by atoms with van der Waals surface area (Å²) in [5.41, 5.74) is 4.13. The van der Waals surface area contributed by atoms with Gasteiger partial charge in [0.25, 0.3) is 0 Å². The number of fused-ring (bicyclic) bond motifs is 4. The van der Waals surface area contributed by atoms with E-state index in [2.05, 4.69) is 5.32 Å². The molecule has 3 aromatic carbocycles. The number of aromatic carboxylic acids is 1. The lowest BCUT2D eigenvalue weighted by Gasteiger charge is -2.09. The Balaban J connectivity index is 1.44. The highest BCUT2D eigenvalue weighted by Crippen LogP contribution is 2.28. The highest BCUT2D eigenvalue weighted by molar-refractivity contribution is 6.06. The summed E-state index contributed by atoms with van der Waals surface area (Å²) in [5.74, 6) is -1.91. The Morgan fingerprint density at radius 3 is 2.41 bits per heavy atom. The Morgan fingerprint density at radius 2 is 1.66 bits per heavy atom. The van der Waals surface area contributed by atoms with Crippen molar-refractivity contribution < 1.29 is 19.8 Å². The first kappa shape index (κ1) is 19.5. The van der Waals surface area contributed by atoms with Crippen molar-refractivity contribution in [1.82, 2.24) is 14.5 Å². The van der Waals surface area contributed by atoms with E-state index in [0.29, 0.717) is 17.9 Å². The number of benzene rings is 3. The molecule has 0 spiro atoms. The lowest BCUT2D eigenvalue weighted by molar-refractivity contribution is -0.116. The minimum atomic E-state index is -1.24.